The van der Waals surface area contributed by atoms with E-state index in [1.54, 1.807) is 6.20 Å². The summed E-state index contributed by atoms with van der Waals surface area (Å²) in [6.45, 7) is 1.87. The third-order valence-electron chi connectivity index (χ3n) is 2.38. The molecule has 1 aromatic rings. The lowest BCUT2D eigenvalue weighted by Crippen LogP contribution is -2.30. The van der Waals surface area contributed by atoms with Crippen LogP contribution in [0.4, 0.5) is 0 Å². The zero-order valence-corrected chi connectivity index (χ0v) is 8.03. The van der Waals surface area contributed by atoms with Crippen LogP contribution in [0.2, 0.25) is 0 Å². The van der Waals surface area contributed by atoms with Crippen LogP contribution < -0.4 is 11.1 Å². The lowest BCUT2D eigenvalue weighted by Gasteiger charge is -2.04. The van der Waals surface area contributed by atoms with Gasteiger partial charge in [-0.2, -0.15) is 0 Å². The summed E-state index contributed by atoms with van der Waals surface area (Å²) in [6, 6.07) is 3.95. The molecular weight excluding hydrogens is 178 g/mol. The van der Waals surface area contributed by atoms with Crippen LogP contribution in [0.5, 0.6) is 0 Å². The number of aryl methyl sites for hydroxylation is 1. The Morgan fingerprint density at radius 3 is 3.00 bits per heavy atom. The predicted molar refractivity (Wildman–Crippen MR) is 52.8 cm³/mol. The van der Waals surface area contributed by atoms with Gasteiger partial charge < -0.3 is 11.1 Å². The van der Waals surface area contributed by atoms with Crippen molar-refractivity contribution in [2.75, 3.05) is 0 Å². The number of nitrogens with two attached hydrogens (primary N) is 1. The number of amides is 1. The summed E-state index contributed by atoms with van der Waals surface area (Å²) in [6.07, 6.45) is 2.49. The van der Waals surface area contributed by atoms with E-state index in [1.165, 1.54) is 0 Å². The van der Waals surface area contributed by atoms with Crippen molar-refractivity contribution in [3.63, 3.8) is 0 Å². The maximum absolute atomic E-state index is 11.6. The zero-order chi connectivity index (χ0) is 10.1. The van der Waals surface area contributed by atoms with E-state index < -0.39 is 0 Å². The maximum atomic E-state index is 11.6. The maximum Gasteiger partial charge on any atom is 0.270 e. The van der Waals surface area contributed by atoms with E-state index >= 15 is 0 Å². The summed E-state index contributed by atoms with van der Waals surface area (Å²) in [5, 5.41) is 2.83. The fourth-order valence-electron chi connectivity index (χ4n) is 1.34. The lowest BCUT2D eigenvalue weighted by molar-refractivity contribution is 0.0944. The van der Waals surface area contributed by atoms with Crippen LogP contribution >= 0.6 is 0 Å². The highest BCUT2D eigenvalue weighted by molar-refractivity contribution is 5.94. The topological polar surface area (TPSA) is 68.0 Å². The molecule has 0 bridgehead atoms. The summed E-state index contributed by atoms with van der Waals surface area (Å²) >= 11 is 0. The monoisotopic (exact) mass is 191 g/mol. The van der Waals surface area contributed by atoms with Gasteiger partial charge >= 0.3 is 0 Å². The Hall–Kier alpha value is -1.42. The first-order valence-electron chi connectivity index (χ1n) is 4.66. The van der Waals surface area contributed by atoms with E-state index in [0.717, 1.165) is 12.0 Å². The van der Waals surface area contributed by atoms with Crippen LogP contribution in [0.1, 0.15) is 22.5 Å². The molecule has 1 heterocycles. The second-order valence-corrected chi connectivity index (χ2v) is 3.65. The van der Waals surface area contributed by atoms with E-state index in [2.05, 4.69) is 10.3 Å². The fourth-order valence-corrected chi connectivity index (χ4v) is 1.34. The Kier molecular flexibility index (Phi) is 2.21. The van der Waals surface area contributed by atoms with E-state index in [0.29, 0.717) is 5.69 Å². The van der Waals surface area contributed by atoms with Crippen LogP contribution in [-0.4, -0.2) is 23.0 Å². The summed E-state index contributed by atoms with van der Waals surface area (Å²) in [7, 11) is 0. The molecule has 0 saturated heterocycles. The van der Waals surface area contributed by atoms with E-state index in [9.17, 15) is 4.79 Å². The SMILES string of the molecule is Cc1cccnc1C(=O)NC1CC1N. The van der Waals surface area contributed by atoms with Gasteiger partial charge in [-0.1, -0.05) is 6.07 Å². The number of nitrogens with zero attached hydrogens (tertiary/aromatic N) is 1. The van der Waals surface area contributed by atoms with Gasteiger partial charge in [0.2, 0.25) is 0 Å². The first kappa shape index (κ1) is 9.15. The number of hydrogen-bond donors (Lipinski definition) is 2. The van der Waals surface area contributed by atoms with Crippen LogP contribution in [0.3, 0.4) is 0 Å². The van der Waals surface area contributed by atoms with Gasteiger partial charge in [-0.25, -0.2) is 0 Å². The second kappa shape index (κ2) is 3.38. The molecule has 2 rings (SSSR count). The average Bonchev–Trinajstić information content (AvgIpc) is 2.82. The van der Waals surface area contributed by atoms with Crippen molar-refractivity contribution in [2.24, 2.45) is 5.73 Å². The van der Waals surface area contributed by atoms with Crippen LogP contribution in [0.25, 0.3) is 0 Å². The highest BCUT2D eigenvalue weighted by atomic mass is 16.2. The molecule has 3 N–H and O–H groups in total. The van der Waals surface area contributed by atoms with Gasteiger partial charge in [0.05, 0.1) is 0 Å². The minimum Gasteiger partial charge on any atom is -0.346 e. The first-order chi connectivity index (χ1) is 6.68. The highest BCUT2D eigenvalue weighted by Gasteiger charge is 2.35. The van der Waals surface area contributed by atoms with Crippen molar-refractivity contribution in [1.82, 2.24) is 10.3 Å². The number of nitrogens with one attached hydrogen (secondary N) is 1. The van der Waals surface area contributed by atoms with Gasteiger partial charge in [-0.3, -0.25) is 9.78 Å². The Morgan fingerprint density at radius 1 is 1.71 bits per heavy atom. The second-order valence-electron chi connectivity index (χ2n) is 3.65. The van der Waals surface area contributed by atoms with Crippen molar-refractivity contribution >= 4 is 5.91 Å². The summed E-state index contributed by atoms with van der Waals surface area (Å²) < 4.78 is 0. The van der Waals surface area contributed by atoms with Gasteiger partial charge in [0.15, 0.2) is 0 Å². The minimum absolute atomic E-state index is 0.124. The molecule has 1 aliphatic rings. The number of aromatic nitrogens is 1. The van der Waals surface area contributed by atoms with Crippen LogP contribution in [0.15, 0.2) is 18.3 Å². The molecule has 2 unspecified atom stereocenters. The molecule has 1 saturated carbocycles. The molecule has 1 aromatic heterocycles. The summed E-state index contributed by atoms with van der Waals surface area (Å²) in [5.41, 5.74) is 6.98. The lowest BCUT2D eigenvalue weighted by atomic mass is 10.2. The molecular formula is C10H13N3O. The number of rotatable bonds is 2. The number of pyridine rings is 1. The Balaban J connectivity index is 2.07. The van der Waals surface area contributed by atoms with Crippen molar-refractivity contribution in [3.05, 3.63) is 29.6 Å². The Labute approximate surface area is 82.5 Å². The zero-order valence-electron chi connectivity index (χ0n) is 8.03. The molecule has 2 atom stereocenters. The molecule has 1 amide bonds. The number of hydrogen-bond acceptors (Lipinski definition) is 3. The first-order valence-corrected chi connectivity index (χ1v) is 4.66. The summed E-state index contributed by atoms with van der Waals surface area (Å²) in [4.78, 5) is 15.7. The molecule has 0 radical (unpaired) electrons. The third kappa shape index (κ3) is 1.75. The molecule has 1 aliphatic carbocycles. The van der Waals surface area contributed by atoms with Gasteiger partial charge in [0, 0.05) is 18.3 Å². The van der Waals surface area contributed by atoms with Gasteiger partial charge in [0.1, 0.15) is 5.69 Å². The molecule has 4 heteroatoms. The molecule has 14 heavy (non-hydrogen) atoms. The molecule has 0 aromatic carbocycles. The van der Waals surface area contributed by atoms with E-state index in [-0.39, 0.29) is 18.0 Å². The van der Waals surface area contributed by atoms with Gasteiger partial charge in [0.25, 0.3) is 5.91 Å². The molecule has 0 spiro atoms. The number of carbonyl (C=O) groups excluding carboxylic acids is 1. The van der Waals surface area contributed by atoms with Crippen molar-refractivity contribution < 1.29 is 4.79 Å². The minimum atomic E-state index is -0.124. The standard InChI is InChI=1S/C10H13N3O/c1-6-3-2-4-12-9(6)10(14)13-8-5-7(8)11/h2-4,7-8H,5,11H2,1H3,(H,13,14). The normalized spacial score (nSPS) is 24.4. The van der Waals surface area contributed by atoms with Crippen molar-refractivity contribution in [1.29, 1.82) is 0 Å². The molecule has 1 fully saturated rings. The number of carbonyl (C=O) groups is 1. The molecule has 0 aliphatic heterocycles. The summed E-state index contributed by atoms with van der Waals surface area (Å²) in [5.74, 6) is -0.124. The highest BCUT2D eigenvalue weighted by Crippen LogP contribution is 2.18. The average molecular weight is 191 g/mol. The smallest absolute Gasteiger partial charge is 0.270 e. The third-order valence-corrected chi connectivity index (χ3v) is 2.38. The predicted octanol–water partition coefficient (Wildman–Crippen LogP) is 0.219. The van der Waals surface area contributed by atoms with Crippen molar-refractivity contribution in [3.8, 4) is 0 Å². The van der Waals surface area contributed by atoms with Crippen LogP contribution in [-0.2, 0) is 0 Å². The van der Waals surface area contributed by atoms with E-state index in [4.69, 9.17) is 5.73 Å². The molecule has 74 valence electrons. The Bertz CT molecular complexity index is 364. The van der Waals surface area contributed by atoms with Crippen molar-refractivity contribution in [2.45, 2.75) is 25.4 Å². The largest absolute Gasteiger partial charge is 0.346 e. The Morgan fingerprint density at radius 2 is 2.43 bits per heavy atom. The van der Waals surface area contributed by atoms with Crippen LogP contribution in [0, 0.1) is 6.92 Å². The fraction of sp³-hybridized carbons (Fsp3) is 0.400. The van der Waals surface area contributed by atoms with E-state index in [1.807, 2.05) is 19.1 Å². The molecule has 4 nitrogen and oxygen atoms in total. The van der Waals surface area contributed by atoms with Gasteiger partial charge in [-0.15, -0.1) is 0 Å². The van der Waals surface area contributed by atoms with Gasteiger partial charge in [-0.05, 0) is 25.0 Å². The quantitative estimate of drug-likeness (QED) is 0.702.